The Balaban J connectivity index is 1.56. The molecule has 1 aromatic heterocycles. The van der Waals surface area contributed by atoms with Gasteiger partial charge in [-0.2, -0.15) is 0 Å². The molecule has 2 aliphatic rings. The van der Waals surface area contributed by atoms with Crippen LogP contribution in [0.15, 0.2) is 11.4 Å². The molecule has 0 radical (unpaired) electrons. The molecule has 0 saturated carbocycles. The zero-order chi connectivity index (χ0) is 14.2. The van der Waals surface area contributed by atoms with Crippen LogP contribution >= 0.6 is 11.3 Å². The van der Waals surface area contributed by atoms with Crippen LogP contribution in [0.5, 0.6) is 0 Å². The van der Waals surface area contributed by atoms with E-state index in [0.717, 1.165) is 39.0 Å². The predicted molar refractivity (Wildman–Crippen MR) is 81.7 cm³/mol. The lowest BCUT2D eigenvalue weighted by Crippen LogP contribution is -2.42. The maximum Gasteiger partial charge on any atom is 0.237 e. The van der Waals surface area contributed by atoms with Crippen molar-refractivity contribution in [2.45, 2.75) is 26.3 Å². The van der Waals surface area contributed by atoms with Gasteiger partial charge in [-0.3, -0.25) is 9.69 Å². The van der Waals surface area contributed by atoms with E-state index in [-0.39, 0.29) is 11.3 Å². The summed E-state index contributed by atoms with van der Waals surface area (Å²) in [4.78, 5) is 18.2. The van der Waals surface area contributed by atoms with E-state index in [1.54, 1.807) is 0 Å². The first-order valence-electron chi connectivity index (χ1n) is 7.35. The largest absolute Gasteiger partial charge is 0.337 e. The predicted octanol–water partition coefficient (Wildman–Crippen LogP) is 1.30. The molecular formula is C15H23N3OS. The van der Waals surface area contributed by atoms with Crippen molar-refractivity contribution in [3.8, 4) is 0 Å². The Bertz CT molecular complexity index is 501. The second-order valence-corrected chi connectivity index (χ2v) is 7.41. The second kappa shape index (κ2) is 5.47. The molecule has 1 atom stereocenters. The fourth-order valence-corrected chi connectivity index (χ4v) is 4.07. The zero-order valence-electron chi connectivity index (χ0n) is 12.1. The highest BCUT2D eigenvalue weighted by atomic mass is 32.1. The Kier molecular flexibility index (Phi) is 3.84. The van der Waals surface area contributed by atoms with Gasteiger partial charge in [0.15, 0.2) is 0 Å². The summed E-state index contributed by atoms with van der Waals surface area (Å²) in [5, 5.41) is 2.13. The minimum atomic E-state index is 0.197. The first-order chi connectivity index (χ1) is 9.59. The average molecular weight is 293 g/mol. The monoisotopic (exact) mass is 293 g/mol. The third-order valence-corrected chi connectivity index (χ3v) is 5.67. The van der Waals surface area contributed by atoms with Crippen molar-refractivity contribution in [3.05, 3.63) is 21.9 Å². The lowest BCUT2D eigenvalue weighted by Gasteiger charge is -2.29. The molecule has 4 nitrogen and oxygen atoms in total. The fraction of sp³-hybridized carbons (Fsp3) is 0.667. The van der Waals surface area contributed by atoms with E-state index in [9.17, 15) is 4.79 Å². The summed E-state index contributed by atoms with van der Waals surface area (Å²) in [5.74, 6) is 0.267. The third kappa shape index (κ3) is 2.75. The number of nitrogens with two attached hydrogens (primary N) is 1. The molecule has 3 heterocycles. The van der Waals surface area contributed by atoms with Crippen LogP contribution in [0.3, 0.4) is 0 Å². The molecule has 0 spiro atoms. The molecule has 0 bridgehead atoms. The van der Waals surface area contributed by atoms with Crippen LogP contribution in [-0.2, 0) is 17.8 Å². The first kappa shape index (κ1) is 14.0. The Morgan fingerprint density at radius 2 is 2.35 bits per heavy atom. The normalized spacial score (nSPS) is 26.8. The minimum absolute atomic E-state index is 0.197. The van der Waals surface area contributed by atoms with Gasteiger partial charge < -0.3 is 10.6 Å². The van der Waals surface area contributed by atoms with Crippen LogP contribution in [0.4, 0.5) is 0 Å². The van der Waals surface area contributed by atoms with Crippen LogP contribution in [0.25, 0.3) is 0 Å². The molecule has 1 amide bonds. The molecule has 3 rings (SSSR count). The third-order valence-electron chi connectivity index (χ3n) is 4.65. The van der Waals surface area contributed by atoms with Crippen LogP contribution in [0.1, 0.15) is 23.8 Å². The Morgan fingerprint density at radius 1 is 1.50 bits per heavy atom. The van der Waals surface area contributed by atoms with Gasteiger partial charge in [0, 0.05) is 24.5 Å². The van der Waals surface area contributed by atoms with Gasteiger partial charge in [-0.25, -0.2) is 0 Å². The Labute approximate surface area is 124 Å². The molecular weight excluding hydrogens is 270 g/mol. The highest BCUT2D eigenvalue weighted by Gasteiger charge is 2.34. The Hall–Kier alpha value is -0.910. The minimum Gasteiger partial charge on any atom is -0.337 e. The van der Waals surface area contributed by atoms with E-state index >= 15 is 0 Å². The van der Waals surface area contributed by atoms with E-state index in [0.29, 0.717) is 13.1 Å². The van der Waals surface area contributed by atoms with E-state index < -0.39 is 0 Å². The number of likely N-dealkylation sites (tertiary alicyclic amines) is 1. The van der Waals surface area contributed by atoms with Crippen LogP contribution in [0.2, 0.25) is 0 Å². The quantitative estimate of drug-likeness (QED) is 0.914. The molecule has 1 saturated heterocycles. The summed E-state index contributed by atoms with van der Waals surface area (Å²) in [5.41, 5.74) is 7.36. The summed E-state index contributed by atoms with van der Waals surface area (Å²) in [7, 11) is 0. The second-order valence-electron chi connectivity index (χ2n) is 6.41. The highest BCUT2D eigenvalue weighted by molar-refractivity contribution is 7.10. The summed E-state index contributed by atoms with van der Waals surface area (Å²) in [6.45, 7) is 7.09. The van der Waals surface area contributed by atoms with Gasteiger partial charge in [0.2, 0.25) is 5.91 Å². The number of rotatable bonds is 3. The van der Waals surface area contributed by atoms with Crippen LogP contribution in [-0.4, -0.2) is 48.4 Å². The summed E-state index contributed by atoms with van der Waals surface area (Å²) < 4.78 is 0. The van der Waals surface area contributed by atoms with Gasteiger partial charge >= 0.3 is 0 Å². The number of carbonyl (C=O) groups is 1. The fourth-order valence-electron chi connectivity index (χ4n) is 3.18. The topological polar surface area (TPSA) is 49.6 Å². The number of amides is 1. The SMILES string of the molecule is CC1(CN)CCN(CC(=O)N2CCc3sccc3C2)C1. The number of nitrogens with zero attached hydrogens (tertiary/aromatic N) is 2. The lowest BCUT2D eigenvalue weighted by molar-refractivity contribution is -0.133. The highest BCUT2D eigenvalue weighted by Crippen LogP contribution is 2.29. The maximum atomic E-state index is 12.4. The van der Waals surface area contributed by atoms with Crippen molar-refractivity contribution < 1.29 is 4.79 Å². The zero-order valence-corrected chi connectivity index (χ0v) is 12.9. The van der Waals surface area contributed by atoms with Gasteiger partial charge in [-0.1, -0.05) is 6.92 Å². The number of thiophene rings is 1. The average Bonchev–Trinajstić information content (AvgIpc) is 3.05. The van der Waals surface area contributed by atoms with Gasteiger partial charge in [0.25, 0.3) is 0 Å². The summed E-state index contributed by atoms with van der Waals surface area (Å²) in [6, 6.07) is 2.15. The van der Waals surface area contributed by atoms with Crippen molar-refractivity contribution in [1.82, 2.24) is 9.80 Å². The molecule has 2 aliphatic heterocycles. The van der Waals surface area contributed by atoms with Crippen molar-refractivity contribution in [2.24, 2.45) is 11.1 Å². The molecule has 0 aromatic carbocycles. The summed E-state index contributed by atoms with van der Waals surface area (Å²) in [6.07, 6.45) is 2.12. The molecule has 1 unspecified atom stereocenters. The van der Waals surface area contributed by atoms with Crippen molar-refractivity contribution in [2.75, 3.05) is 32.7 Å². The molecule has 1 fully saturated rings. The van der Waals surface area contributed by atoms with Crippen molar-refractivity contribution >= 4 is 17.2 Å². The molecule has 5 heteroatoms. The molecule has 20 heavy (non-hydrogen) atoms. The molecule has 2 N–H and O–H groups in total. The number of hydrogen-bond acceptors (Lipinski definition) is 4. The maximum absolute atomic E-state index is 12.4. The van der Waals surface area contributed by atoms with Gasteiger partial charge in [0.1, 0.15) is 0 Å². The van der Waals surface area contributed by atoms with Crippen LogP contribution in [0, 0.1) is 5.41 Å². The number of hydrogen-bond donors (Lipinski definition) is 1. The first-order valence-corrected chi connectivity index (χ1v) is 8.23. The van der Waals surface area contributed by atoms with Crippen molar-refractivity contribution in [3.63, 3.8) is 0 Å². The van der Waals surface area contributed by atoms with Crippen molar-refractivity contribution in [1.29, 1.82) is 0 Å². The van der Waals surface area contributed by atoms with E-state index in [2.05, 4.69) is 23.3 Å². The number of fused-ring (bicyclic) bond motifs is 1. The molecule has 1 aromatic rings. The molecule has 110 valence electrons. The summed E-state index contributed by atoms with van der Waals surface area (Å²) >= 11 is 1.81. The van der Waals surface area contributed by atoms with E-state index in [1.807, 2.05) is 16.2 Å². The van der Waals surface area contributed by atoms with Gasteiger partial charge in [0.05, 0.1) is 6.54 Å². The van der Waals surface area contributed by atoms with E-state index in [4.69, 9.17) is 5.73 Å². The standard InChI is InChI=1S/C15H23N3OS/c1-15(10-16)4-6-17(11-15)9-14(19)18-5-2-13-12(8-18)3-7-20-13/h3,7H,2,4-6,8-11,16H2,1H3. The van der Waals surface area contributed by atoms with Gasteiger partial charge in [-0.15, -0.1) is 11.3 Å². The lowest BCUT2D eigenvalue weighted by atomic mass is 9.90. The van der Waals surface area contributed by atoms with Crippen LogP contribution < -0.4 is 5.73 Å². The van der Waals surface area contributed by atoms with Gasteiger partial charge in [-0.05, 0) is 48.4 Å². The molecule has 0 aliphatic carbocycles. The smallest absolute Gasteiger partial charge is 0.237 e. The van der Waals surface area contributed by atoms with E-state index in [1.165, 1.54) is 10.4 Å². The Morgan fingerprint density at radius 3 is 3.10 bits per heavy atom. The number of carbonyl (C=O) groups excluding carboxylic acids is 1.